The summed E-state index contributed by atoms with van der Waals surface area (Å²) in [5, 5.41) is 13.3. The Kier molecular flexibility index (Phi) is 4.52. The number of rotatable bonds is 5. The highest BCUT2D eigenvalue weighted by Gasteiger charge is 2.50. The minimum Gasteiger partial charge on any atom is -0.480 e. The highest BCUT2D eigenvalue weighted by Crippen LogP contribution is 2.54. The third kappa shape index (κ3) is 3.38. The monoisotopic (exact) mass is 396 g/mol. The van der Waals surface area contributed by atoms with Crippen molar-refractivity contribution >= 4 is 23.0 Å². The number of nitrogens with one attached hydrogen (secondary N) is 2. The molecule has 4 aliphatic carbocycles. The highest BCUT2D eigenvalue weighted by molar-refractivity contribution is 5.86. The van der Waals surface area contributed by atoms with Gasteiger partial charge in [-0.25, -0.2) is 9.59 Å². The fourth-order valence-electron chi connectivity index (χ4n) is 6.37. The number of carbonyl (C=O) groups excluding carboxylic acids is 1. The van der Waals surface area contributed by atoms with Crippen LogP contribution in [-0.2, 0) is 16.0 Å². The van der Waals surface area contributed by atoms with Gasteiger partial charge in [0.15, 0.2) is 0 Å². The van der Waals surface area contributed by atoms with Crippen LogP contribution >= 0.6 is 0 Å². The van der Waals surface area contributed by atoms with Crippen LogP contribution in [0.15, 0.2) is 24.3 Å². The zero-order chi connectivity index (χ0) is 20.1. The summed E-state index contributed by atoms with van der Waals surface area (Å²) in [4.78, 5) is 27.8. The van der Waals surface area contributed by atoms with Crippen molar-refractivity contribution in [3.8, 4) is 0 Å². The number of aryl methyl sites for hydroxylation is 1. The number of aromatic nitrogens is 1. The number of carbonyl (C=O) groups is 2. The molecule has 1 heterocycles. The minimum atomic E-state index is -1.04. The van der Waals surface area contributed by atoms with Crippen LogP contribution in [0.2, 0.25) is 0 Å². The van der Waals surface area contributed by atoms with Crippen molar-refractivity contribution in [2.75, 3.05) is 0 Å². The predicted octanol–water partition coefficient (Wildman–Crippen LogP) is 4.02. The summed E-state index contributed by atoms with van der Waals surface area (Å²) in [6, 6.07) is 6.80. The summed E-state index contributed by atoms with van der Waals surface area (Å²) in [6.07, 6.45) is 5.55. The second kappa shape index (κ2) is 7.08. The number of amides is 1. The lowest BCUT2D eigenvalue weighted by atomic mass is 9.55. The Morgan fingerprint density at radius 3 is 2.45 bits per heavy atom. The highest BCUT2D eigenvalue weighted by atomic mass is 16.6. The second-order valence-electron chi connectivity index (χ2n) is 9.31. The van der Waals surface area contributed by atoms with E-state index in [2.05, 4.69) is 10.3 Å². The van der Waals surface area contributed by atoms with E-state index in [1.54, 1.807) is 0 Å². The van der Waals surface area contributed by atoms with Crippen LogP contribution in [0.25, 0.3) is 10.9 Å². The van der Waals surface area contributed by atoms with Crippen molar-refractivity contribution in [1.82, 2.24) is 10.3 Å². The molecule has 1 aromatic heterocycles. The van der Waals surface area contributed by atoms with Gasteiger partial charge in [0.2, 0.25) is 0 Å². The third-order valence-electron chi connectivity index (χ3n) is 7.41. The smallest absolute Gasteiger partial charge is 0.408 e. The van der Waals surface area contributed by atoms with Gasteiger partial charge in [-0.05, 0) is 74.3 Å². The normalized spacial score (nSPS) is 31.0. The van der Waals surface area contributed by atoms with Crippen LogP contribution in [0.4, 0.5) is 4.79 Å². The van der Waals surface area contributed by atoms with E-state index in [1.165, 1.54) is 6.42 Å². The number of fused-ring (bicyclic) bond motifs is 1. The molecule has 6 heteroatoms. The van der Waals surface area contributed by atoms with Crippen molar-refractivity contribution in [3.63, 3.8) is 0 Å². The van der Waals surface area contributed by atoms with Crippen molar-refractivity contribution < 1.29 is 19.4 Å². The van der Waals surface area contributed by atoms with E-state index in [9.17, 15) is 14.7 Å². The molecule has 0 spiro atoms. The Balaban J connectivity index is 1.28. The zero-order valence-corrected chi connectivity index (χ0v) is 16.7. The van der Waals surface area contributed by atoms with Gasteiger partial charge in [-0.1, -0.05) is 18.2 Å². The molecule has 1 amide bonds. The maximum Gasteiger partial charge on any atom is 0.408 e. The molecule has 4 fully saturated rings. The molecule has 4 aliphatic rings. The Morgan fingerprint density at radius 1 is 1.14 bits per heavy atom. The van der Waals surface area contributed by atoms with Crippen LogP contribution in [0.3, 0.4) is 0 Å². The molecule has 2 aromatic rings. The van der Waals surface area contributed by atoms with Gasteiger partial charge in [0.05, 0.1) is 0 Å². The number of hydrogen-bond donors (Lipinski definition) is 3. The number of ether oxygens (including phenoxy) is 1. The molecule has 4 saturated carbocycles. The molecule has 4 bridgehead atoms. The molecule has 0 saturated heterocycles. The van der Waals surface area contributed by atoms with E-state index in [0.717, 1.165) is 59.7 Å². The number of carboxylic acid groups (broad SMARTS) is 1. The number of alkyl carbamates (subject to hydrolysis) is 1. The molecule has 3 N–H and O–H groups in total. The van der Waals surface area contributed by atoms with Gasteiger partial charge in [-0.2, -0.15) is 0 Å². The molecule has 6 nitrogen and oxygen atoms in total. The third-order valence-corrected chi connectivity index (χ3v) is 7.41. The maximum absolute atomic E-state index is 12.6. The van der Waals surface area contributed by atoms with Crippen molar-refractivity contribution in [2.45, 2.75) is 57.6 Å². The average molecular weight is 396 g/mol. The van der Waals surface area contributed by atoms with Crippen molar-refractivity contribution in [1.29, 1.82) is 0 Å². The fraction of sp³-hybridized carbons (Fsp3) is 0.565. The Bertz CT molecular complexity index is 922. The lowest BCUT2D eigenvalue weighted by Crippen LogP contribution is -2.52. The van der Waals surface area contributed by atoms with Gasteiger partial charge >= 0.3 is 12.1 Å². The van der Waals surface area contributed by atoms with Crippen molar-refractivity contribution in [3.05, 3.63) is 35.5 Å². The number of benzene rings is 1. The molecule has 0 unspecified atom stereocenters. The average Bonchev–Trinajstić information content (AvgIpc) is 2.99. The van der Waals surface area contributed by atoms with E-state index < -0.39 is 18.1 Å². The van der Waals surface area contributed by atoms with Gasteiger partial charge in [-0.3, -0.25) is 0 Å². The standard InChI is InChI=1S/C23H28N2O4/c1-12-18(17-4-2-3-5-19(17)24-12)11-20(22(26)27)25-23(28)29-21-15-7-13-6-14(9-15)10-16(21)8-13/h2-5,13-16,20-21,24H,6-11H2,1H3,(H,25,28)(H,26,27)/t13?,14?,15?,16?,20-,21?/m1/s1. The van der Waals surface area contributed by atoms with Gasteiger partial charge in [0.1, 0.15) is 12.1 Å². The number of hydrogen-bond acceptors (Lipinski definition) is 3. The van der Waals surface area contributed by atoms with E-state index >= 15 is 0 Å². The molecular weight excluding hydrogens is 368 g/mol. The summed E-state index contributed by atoms with van der Waals surface area (Å²) in [5.41, 5.74) is 2.82. The van der Waals surface area contributed by atoms with Gasteiger partial charge in [0.25, 0.3) is 0 Å². The summed E-state index contributed by atoms with van der Waals surface area (Å²) in [5.74, 6) is 1.47. The molecule has 6 rings (SSSR count). The van der Waals surface area contributed by atoms with Crippen LogP contribution in [0, 0.1) is 30.6 Å². The topological polar surface area (TPSA) is 91.4 Å². The first-order valence-electron chi connectivity index (χ1n) is 10.7. The Hall–Kier alpha value is -2.50. The lowest BCUT2D eigenvalue weighted by Gasteiger charge is -2.53. The van der Waals surface area contributed by atoms with E-state index in [4.69, 9.17) is 4.74 Å². The van der Waals surface area contributed by atoms with Gasteiger partial charge < -0.3 is 20.1 Å². The number of H-pyrrole nitrogens is 1. The van der Waals surface area contributed by atoms with E-state index in [0.29, 0.717) is 11.8 Å². The Morgan fingerprint density at radius 2 is 1.79 bits per heavy atom. The number of para-hydroxylation sites is 1. The van der Waals surface area contributed by atoms with Gasteiger partial charge in [0, 0.05) is 23.0 Å². The van der Waals surface area contributed by atoms with E-state index in [-0.39, 0.29) is 12.5 Å². The summed E-state index contributed by atoms with van der Waals surface area (Å²) in [7, 11) is 0. The molecule has 1 atom stereocenters. The molecule has 0 radical (unpaired) electrons. The number of carboxylic acids is 1. The summed E-state index contributed by atoms with van der Waals surface area (Å²) < 4.78 is 5.82. The van der Waals surface area contributed by atoms with Crippen LogP contribution in [-0.4, -0.2) is 34.3 Å². The van der Waals surface area contributed by atoms with Crippen LogP contribution < -0.4 is 5.32 Å². The predicted molar refractivity (Wildman–Crippen MR) is 109 cm³/mol. The molecule has 1 aromatic carbocycles. The summed E-state index contributed by atoms with van der Waals surface area (Å²) >= 11 is 0. The molecule has 154 valence electrons. The molecule has 0 aliphatic heterocycles. The lowest BCUT2D eigenvalue weighted by molar-refractivity contribution is -0.139. The quantitative estimate of drug-likeness (QED) is 0.712. The number of aromatic amines is 1. The van der Waals surface area contributed by atoms with Crippen LogP contribution in [0.1, 0.15) is 43.4 Å². The van der Waals surface area contributed by atoms with E-state index in [1.807, 2.05) is 31.2 Å². The summed E-state index contributed by atoms with van der Waals surface area (Å²) in [6.45, 7) is 1.93. The first kappa shape index (κ1) is 18.5. The fourth-order valence-corrected chi connectivity index (χ4v) is 6.37. The molecule has 29 heavy (non-hydrogen) atoms. The first-order valence-corrected chi connectivity index (χ1v) is 10.7. The second-order valence-corrected chi connectivity index (χ2v) is 9.31. The maximum atomic E-state index is 12.6. The SMILES string of the molecule is Cc1[nH]c2ccccc2c1C[C@@H](NC(=O)OC1C2CC3CC(C2)CC1C3)C(=O)O. The molecular formula is C23H28N2O4. The first-order chi connectivity index (χ1) is 14.0. The largest absolute Gasteiger partial charge is 0.480 e. The Labute approximate surface area is 170 Å². The minimum absolute atomic E-state index is 0.0490. The number of aliphatic carboxylic acids is 1. The van der Waals surface area contributed by atoms with Crippen LogP contribution in [0.5, 0.6) is 0 Å². The zero-order valence-electron chi connectivity index (χ0n) is 16.7. The van der Waals surface area contributed by atoms with Crippen molar-refractivity contribution in [2.24, 2.45) is 23.7 Å². The van der Waals surface area contributed by atoms with Gasteiger partial charge in [-0.15, -0.1) is 0 Å².